The molecule has 0 heterocycles. The number of hydrogen-bond donors (Lipinski definition) is 2. The SMILES string of the molecule is CC(=O)c1cc(O)c(N)cc1I. The lowest BCUT2D eigenvalue weighted by molar-refractivity contribution is 0.101. The monoisotopic (exact) mass is 277 g/mol. The Balaban J connectivity index is 3.33. The number of carbonyl (C=O) groups is 1. The van der Waals surface area contributed by atoms with Crippen molar-refractivity contribution < 1.29 is 9.90 Å². The smallest absolute Gasteiger partial charge is 0.161 e. The van der Waals surface area contributed by atoms with E-state index in [9.17, 15) is 9.90 Å². The maximum absolute atomic E-state index is 11.0. The molecule has 0 radical (unpaired) electrons. The van der Waals surface area contributed by atoms with Crippen LogP contribution in [-0.4, -0.2) is 10.9 Å². The molecular weight excluding hydrogens is 269 g/mol. The van der Waals surface area contributed by atoms with Crippen molar-refractivity contribution in [3.8, 4) is 5.75 Å². The maximum Gasteiger partial charge on any atom is 0.161 e. The third-order valence-corrected chi connectivity index (χ3v) is 2.39. The molecule has 0 spiro atoms. The highest BCUT2D eigenvalue weighted by atomic mass is 127. The number of anilines is 1. The van der Waals surface area contributed by atoms with Crippen molar-refractivity contribution in [3.63, 3.8) is 0 Å². The Labute approximate surface area is 83.7 Å². The second kappa shape index (κ2) is 3.30. The first kappa shape index (κ1) is 9.31. The summed E-state index contributed by atoms with van der Waals surface area (Å²) in [5.41, 5.74) is 6.22. The third-order valence-electron chi connectivity index (χ3n) is 1.50. The van der Waals surface area contributed by atoms with E-state index in [1.54, 1.807) is 6.07 Å². The molecule has 0 bridgehead atoms. The zero-order chi connectivity index (χ0) is 9.30. The molecule has 4 heteroatoms. The third kappa shape index (κ3) is 1.69. The van der Waals surface area contributed by atoms with Crippen LogP contribution in [0, 0.1) is 3.57 Å². The van der Waals surface area contributed by atoms with E-state index in [0.717, 1.165) is 3.57 Å². The highest BCUT2D eigenvalue weighted by Crippen LogP contribution is 2.25. The van der Waals surface area contributed by atoms with Crippen LogP contribution in [0.15, 0.2) is 12.1 Å². The van der Waals surface area contributed by atoms with Crippen molar-refractivity contribution in [1.29, 1.82) is 0 Å². The fourth-order valence-corrected chi connectivity index (χ4v) is 1.72. The van der Waals surface area contributed by atoms with E-state index in [1.807, 2.05) is 22.6 Å². The van der Waals surface area contributed by atoms with E-state index >= 15 is 0 Å². The topological polar surface area (TPSA) is 63.3 Å². The number of hydrogen-bond acceptors (Lipinski definition) is 3. The van der Waals surface area contributed by atoms with Gasteiger partial charge in [-0.15, -0.1) is 0 Å². The van der Waals surface area contributed by atoms with Gasteiger partial charge in [-0.1, -0.05) is 0 Å². The minimum Gasteiger partial charge on any atom is -0.506 e. The number of ketones is 1. The number of Topliss-reactive ketones (excluding diaryl/α,β-unsaturated/α-hetero) is 1. The largest absolute Gasteiger partial charge is 0.506 e. The van der Waals surface area contributed by atoms with Crippen molar-refractivity contribution in [3.05, 3.63) is 21.3 Å². The zero-order valence-electron chi connectivity index (χ0n) is 6.47. The summed E-state index contributed by atoms with van der Waals surface area (Å²) in [5, 5.41) is 9.19. The molecule has 0 unspecified atom stereocenters. The normalized spacial score (nSPS) is 9.83. The van der Waals surface area contributed by atoms with E-state index in [2.05, 4.69) is 0 Å². The summed E-state index contributed by atoms with van der Waals surface area (Å²) < 4.78 is 0.760. The molecule has 0 saturated carbocycles. The lowest BCUT2D eigenvalue weighted by atomic mass is 10.1. The Bertz CT molecular complexity index is 336. The maximum atomic E-state index is 11.0. The molecule has 0 amide bonds. The molecule has 1 rings (SSSR count). The Kier molecular flexibility index (Phi) is 2.56. The average molecular weight is 277 g/mol. The molecule has 0 aliphatic rings. The van der Waals surface area contributed by atoms with Gasteiger partial charge in [-0.25, -0.2) is 0 Å². The van der Waals surface area contributed by atoms with Crippen LogP contribution < -0.4 is 5.73 Å². The van der Waals surface area contributed by atoms with Gasteiger partial charge in [0.2, 0.25) is 0 Å². The number of benzene rings is 1. The van der Waals surface area contributed by atoms with Crippen molar-refractivity contribution in [2.24, 2.45) is 0 Å². The van der Waals surface area contributed by atoms with Crippen molar-refractivity contribution in [2.75, 3.05) is 5.73 Å². The Morgan fingerprint density at radius 1 is 1.58 bits per heavy atom. The van der Waals surface area contributed by atoms with Gasteiger partial charge in [0.15, 0.2) is 5.78 Å². The first-order valence-electron chi connectivity index (χ1n) is 3.31. The van der Waals surface area contributed by atoms with E-state index in [4.69, 9.17) is 5.73 Å². The standard InChI is InChI=1S/C8H8INO2/c1-4(11)5-2-8(12)7(10)3-6(5)9/h2-3,12H,10H2,1H3. The predicted molar refractivity (Wildman–Crippen MR) is 55.2 cm³/mol. The first-order chi connectivity index (χ1) is 5.52. The number of carbonyl (C=O) groups excluding carboxylic acids is 1. The highest BCUT2D eigenvalue weighted by Gasteiger charge is 2.08. The van der Waals surface area contributed by atoms with Gasteiger partial charge in [-0.2, -0.15) is 0 Å². The summed E-state index contributed by atoms with van der Waals surface area (Å²) in [6.07, 6.45) is 0. The van der Waals surface area contributed by atoms with E-state index < -0.39 is 0 Å². The lowest BCUT2D eigenvalue weighted by Gasteiger charge is -2.03. The number of aromatic hydroxyl groups is 1. The minimum absolute atomic E-state index is 0.0411. The van der Waals surface area contributed by atoms with Crippen LogP contribution in [0.1, 0.15) is 17.3 Å². The van der Waals surface area contributed by atoms with Gasteiger partial charge in [-0.3, -0.25) is 4.79 Å². The quantitative estimate of drug-likeness (QED) is 0.356. The van der Waals surface area contributed by atoms with Crippen LogP contribution in [0.2, 0.25) is 0 Å². The Hall–Kier alpha value is -0.780. The summed E-state index contributed by atoms with van der Waals surface area (Å²) >= 11 is 2.01. The second-order valence-corrected chi connectivity index (χ2v) is 3.61. The fraction of sp³-hybridized carbons (Fsp3) is 0.125. The molecule has 3 nitrogen and oxygen atoms in total. The van der Waals surface area contributed by atoms with Crippen LogP contribution in [0.25, 0.3) is 0 Å². The molecule has 1 aromatic rings. The average Bonchev–Trinajstić information content (AvgIpc) is 1.96. The molecule has 0 aliphatic heterocycles. The van der Waals surface area contributed by atoms with Gasteiger partial charge in [0.25, 0.3) is 0 Å². The molecule has 0 aliphatic carbocycles. The second-order valence-electron chi connectivity index (χ2n) is 2.45. The van der Waals surface area contributed by atoms with E-state index in [-0.39, 0.29) is 11.5 Å². The van der Waals surface area contributed by atoms with Crippen molar-refractivity contribution in [1.82, 2.24) is 0 Å². The van der Waals surface area contributed by atoms with E-state index in [0.29, 0.717) is 11.3 Å². The molecule has 0 fully saturated rings. The Morgan fingerprint density at radius 3 is 2.67 bits per heavy atom. The zero-order valence-corrected chi connectivity index (χ0v) is 8.62. The van der Waals surface area contributed by atoms with Gasteiger partial charge in [0, 0.05) is 9.13 Å². The predicted octanol–water partition coefficient (Wildman–Crippen LogP) is 1.78. The number of phenols is 1. The van der Waals surface area contributed by atoms with Gasteiger partial charge < -0.3 is 10.8 Å². The molecule has 0 aromatic heterocycles. The molecule has 3 N–H and O–H groups in total. The van der Waals surface area contributed by atoms with Crippen LogP contribution >= 0.6 is 22.6 Å². The van der Waals surface area contributed by atoms with Crippen molar-refractivity contribution in [2.45, 2.75) is 6.92 Å². The van der Waals surface area contributed by atoms with Gasteiger partial charge in [0.1, 0.15) is 5.75 Å². The lowest BCUT2D eigenvalue weighted by Crippen LogP contribution is -1.97. The number of nitrogens with two attached hydrogens (primary N) is 1. The highest BCUT2D eigenvalue weighted by molar-refractivity contribution is 14.1. The van der Waals surface area contributed by atoms with Gasteiger partial charge in [-0.05, 0) is 41.6 Å². The summed E-state index contributed by atoms with van der Waals surface area (Å²) in [6.45, 7) is 1.45. The van der Waals surface area contributed by atoms with Crippen LogP contribution in [0.4, 0.5) is 5.69 Å². The summed E-state index contributed by atoms with van der Waals surface area (Å²) in [4.78, 5) is 11.0. The van der Waals surface area contributed by atoms with Crippen LogP contribution in [0.5, 0.6) is 5.75 Å². The van der Waals surface area contributed by atoms with Crippen LogP contribution in [-0.2, 0) is 0 Å². The molecular formula is C8H8INO2. The molecule has 1 aromatic carbocycles. The van der Waals surface area contributed by atoms with Crippen LogP contribution in [0.3, 0.4) is 0 Å². The molecule has 12 heavy (non-hydrogen) atoms. The number of nitrogen functional groups attached to an aromatic ring is 1. The summed E-state index contributed by atoms with van der Waals surface area (Å²) in [7, 11) is 0. The summed E-state index contributed by atoms with van der Waals surface area (Å²) in [6, 6.07) is 2.96. The Morgan fingerprint density at radius 2 is 2.17 bits per heavy atom. The minimum atomic E-state index is -0.0744. The van der Waals surface area contributed by atoms with Gasteiger partial charge in [0.05, 0.1) is 5.69 Å². The molecule has 0 atom stereocenters. The number of phenolic OH excluding ortho intramolecular Hbond substituents is 1. The fourth-order valence-electron chi connectivity index (χ4n) is 0.847. The molecule has 64 valence electrons. The van der Waals surface area contributed by atoms with Crippen molar-refractivity contribution >= 4 is 34.1 Å². The molecule has 0 saturated heterocycles. The van der Waals surface area contributed by atoms with E-state index in [1.165, 1.54) is 13.0 Å². The number of rotatable bonds is 1. The first-order valence-corrected chi connectivity index (χ1v) is 4.39. The summed E-state index contributed by atoms with van der Waals surface area (Å²) in [5.74, 6) is -0.115. The number of halogens is 1. The van der Waals surface area contributed by atoms with Gasteiger partial charge >= 0.3 is 0 Å².